The van der Waals surface area contributed by atoms with Gasteiger partial charge in [-0.2, -0.15) is 20.3 Å². The molecule has 3 saturated heterocycles. The highest BCUT2D eigenvalue weighted by Crippen LogP contribution is 2.42. The summed E-state index contributed by atoms with van der Waals surface area (Å²) in [5.41, 5.74) is 6.71. The number of alkyl halides is 1. The first-order valence-corrected chi connectivity index (χ1v) is 16.2. The number of nitriles is 1. The lowest BCUT2D eigenvalue weighted by Gasteiger charge is -2.40. The number of pyridine rings is 1. The van der Waals surface area contributed by atoms with Crippen LogP contribution in [0.5, 0.6) is 6.01 Å². The Hall–Kier alpha value is -4.29. The van der Waals surface area contributed by atoms with E-state index in [1.54, 1.807) is 18.8 Å². The van der Waals surface area contributed by atoms with E-state index in [4.69, 9.17) is 32.0 Å². The number of anilines is 3. The minimum atomic E-state index is -0.915. The lowest BCUT2D eigenvalue weighted by Crippen LogP contribution is -2.47. The van der Waals surface area contributed by atoms with E-state index >= 15 is 0 Å². The number of halogens is 3. The van der Waals surface area contributed by atoms with Gasteiger partial charge in [0, 0.05) is 59.2 Å². The van der Waals surface area contributed by atoms with Gasteiger partial charge >= 0.3 is 6.01 Å². The molecule has 0 spiro atoms. The number of hydrogen-bond donors (Lipinski definition) is 1. The first-order chi connectivity index (χ1) is 22.6. The molecule has 3 fully saturated rings. The van der Waals surface area contributed by atoms with Gasteiger partial charge in [0.05, 0.1) is 28.5 Å². The Morgan fingerprint density at radius 2 is 1.91 bits per heavy atom. The van der Waals surface area contributed by atoms with Crippen LogP contribution in [0, 0.1) is 17.1 Å². The molecule has 4 aliphatic rings. The zero-order chi connectivity index (χ0) is 33.0. The van der Waals surface area contributed by atoms with E-state index in [0.717, 1.165) is 19.4 Å². The molecule has 0 bridgehead atoms. The van der Waals surface area contributed by atoms with Crippen molar-refractivity contribution in [1.29, 1.82) is 5.26 Å². The average molecular weight is 668 g/mol. The monoisotopic (exact) mass is 667 g/mol. The maximum Gasteiger partial charge on any atom is 0.320 e. The second-order valence-corrected chi connectivity index (χ2v) is 13.4. The number of amides is 1. The number of carbonyl (C=O) groups excluding carboxylic acids is 1. The SMILES string of the molecule is CN(C)C(=O)c1nn2c(c1Cl)CN(c1nc(OC[C@@]34CCCN3C[C@H](F)C4)nc(N3CC(c4nc(N)ccc4F)C3)c1C#N)CCC2. The molecule has 13 nitrogen and oxygen atoms in total. The Bertz CT molecular complexity index is 1760. The molecule has 47 heavy (non-hydrogen) atoms. The van der Waals surface area contributed by atoms with Crippen LogP contribution in [-0.4, -0.2) is 106 Å². The number of ether oxygens (including phenoxy) is 1. The van der Waals surface area contributed by atoms with Gasteiger partial charge in [-0.25, -0.2) is 13.8 Å². The number of nitrogens with two attached hydrogens (primary N) is 1. The number of carbonyl (C=O) groups is 1. The van der Waals surface area contributed by atoms with Crippen LogP contribution in [0.3, 0.4) is 0 Å². The third-order valence-electron chi connectivity index (χ3n) is 9.70. The van der Waals surface area contributed by atoms with Gasteiger partial charge in [0.2, 0.25) is 0 Å². The molecule has 2 N–H and O–H groups in total. The van der Waals surface area contributed by atoms with Crippen LogP contribution in [0.2, 0.25) is 5.02 Å². The van der Waals surface area contributed by atoms with Crippen molar-refractivity contribution >= 4 is 35.0 Å². The minimum Gasteiger partial charge on any atom is -0.461 e. The van der Waals surface area contributed by atoms with E-state index in [0.29, 0.717) is 62.9 Å². The highest BCUT2D eigenvalue weighted by molar-refractivity contribution is 6.34. The van der Waals surface area contributed by atoms with Crippen molar-refractivity contribution in [2.45, 2.75) is 56.4 Å². The van der Waals surface area contributed by atoms with E-state index < -0.39 is 17.5 Å². The molecule has 4 aliphatic heterocycles. The number of fused-ring (bicyclic) bond motifs is 2. The van der Waals surface area contributed by atoms with Crippen molar-refractivity contribution in [3.05, 3.63) is 45.6 Å². The molecular formula is C31H36ClF2N11O2. The normalized spacial score (nSPS) is 22.8. The maximum atomic E-state index is 14.6. The number of nitrogen functional groups attached to an aromatic ring is 1. The molecule has 7 heterocycles. The molecule has 0 unspecified atom stereocenters. The van der Waals surface area contributed by atoms with Gasteiger partial charge in [0.25, 0.3) is 5.91 Å². The summed E-state index contributed by atoms with van der Waals surface area (Å²) in [6, 6.07) is 5.10. The fraction of sp³-hybridized carbons (Fsp3) is 0.548. The van der Waals surface area contributed by atoms with E-state index in [-0.39, 0.29) is 58.8 Å². The Morgan fingerprint density at radius 3 is 2.66 bits per heavy atom. The molecule has 2 atom stereocenters. The number of nitrogens with zero attached hydrogens (tertiary/aromatic N) is 10. The smallest absolute Gasteiger partial charge is 0.320 e. The molecule has 0 aromatic carbocycles. The number of rotatable bonds is 7. The Kier molecular flexibility index (Phi) is 8.04. The van der Waals surface area contributed by atoms with Crippen LogP contribution in [0.15, 0.2) is 12.1 Å². The Balaban J connectivity index is 1.23. The highest BCUT2D eigenvalue weighted by Gasteiger charge is 2.49. The van der Waals surface area contributed by atoms with Crippen molar-refractivity contribution in [3.63, 3.8) is 0 Å². The van der Waals surface area contributed by atoms with Gasteiger partial charge in [-0.15, -0.1) is 0 Å². The average Bonchev–Trinajstić information content (AvgIpc) is 3.59. The van der Waals surface area contributed by atoms with Crippen LogP contribution < -0.4 is 20.3 Å². The van der Waals surface area contributed by atoms with Gasteiger partial charge in [0.1, 0.15) is 36.0 Å². The fourth-order valence-corrected chi connectivity index (χ4v) is 7.56. The zero-order valence-electron chi connectivity index (χ0n) is 26.3. The van der Waals surface area contributed by atoms with E-state index in [1.165, 1.54) is 17.0 Å². The third-order valence-corrected chi connectivity index (χ3v) is 10.1. The second-order valence-electron chi connectivity index (χ2n) is 13.0. The third kappa shape index (κ3) is 5.57. The van der Waals surface area contributed by atoms with Crippen LogP contribution in [0.1, 0.15) is 59.0 Å². The van der Waals surface area contributed by atoms with Gasteiger partial charge in [-0.05, 0) is 37.9 Å². The molecule has 0 aliphatic carbocycles. The Labute approximate surface area is 275 Å². The van der Waals surface area contributed by atoms with Crippen LogP contribution in [-0.2, 0) is 13.1 Å². The van der Waals surface area contributed by atoms with Crippen LogP contribution in [0.25, 0.3) is 0 Å². The predicted octanol–water partition coefficient (Wildman–Crippen LogP) is 2.99. The van der Waals surface area contributed by atoms with Crippen molar-refractivity contribution in [3.8, 4) is 12.1 Å². The molecule has 1 amide bonds. The molecule has 3 aromatic heterocycles. The largest absolute Gasteiger partial charge is 0.461 e. The zero-order valence-corrected chi connectivity index (χ0v) is 27.1. The Morgan fingerprint density at radius 1 is 1.15 bits per heavy atom. The van der Waals surface area contributed by atoms with Gasteiger partial charge in [-0.3, -0.25) is 14.4 Å². The topological polar surface area (TPSA) is 146 Å². The number of aryl methyl sites for hydroxylation is 1. The van der Waals surface area contributed by atoms with Crippen LogP contribution >= 0.6 is 11.6 Å². The molecule has 248 valence electrons. The summed E-state index contributed by atoms with van der Waals surface area (Å²) in [6.07, 6.45) is 1.90. The summed E-state index contributed by atoms with van der Waals surface area (Å²) in [6.45, 7) is 3.40. The summed E-state index contributed by atoms with van der Waals surface area (Å²) in [4.78, 5) is 33.9. The maximum absolute atomic E-state index is 14.6. The fourth-order valence-electron chi connectivity index (χ4n) is 7.28. The molecule has 16 heteroatoms. The summed E-state index contributed by atoms with van der Waals surface area (Å²) >= 11 is 6.74. The summed E-state index contributed by atoms with van der Waals surface area (Å²) in [5.74, 6) is -0.0550. The van der Waals surface area contributed by atoms with Gasteiger partial charge < -0.3 is 25.2 Å². The highest BCUT2D eigenvalue weighted by atomic mass is 35.5. The molecule has 7 rings (SSSR count). The van der Waals surface area contributed by atoms with E-state index in [9.17, 15) is 18.8 Å². The number of aromatic nitrogens is 5. The van der Waals surface area contributed by atoms with Crippen molar-refractivity contribution < 1.29 is 18.3 Å². The summed E-state index contributed by atoms with van der Waals surface area (Å²) in [7, 11) is 3.28. The van der Waals surface area contributed by atoms with Crippen molar-refractivity contribution in [2.75, 3.05) is 69.0 Å². The summed E-state index contributed by atoms with van der Waals surface area (Å²) < 4.78 is 37.2. The molecule has 0 saturated carbocycles. The predicted molar refractivity (Wildman–Crippen MR) is 170 cm³/mol. The molecule has 0 radical (unpaired) electrons. The minimum absolute atomic E-state index is 0.0709. The van der Waals surface area contributed by atoms with Crippen molar-refractivity contribution in [2.24, 2.45) is 0 Å². The molecular weight excluding hydrogens is 632 g/mol. The summed E-state index contributed by atoms with van der Waals surface area (Å²) in [5, 5.41) is 15.3. The quantitative estimate of drug-likeness (QED) is 0.397. The first-order valence-electron chi connectivity index (χ1n) is 15.8. The van der Waals surface area contributed by atoms with Gasteiger partial charge in [0.15, 0.2) is 17.3 Å². The van der Waals surface area contributed by atoms with E-state index in [2.05, 4.69) is 21.1 Å². The second kappa shape index (κ2) is 12.1. The van der Waals surface area contributed by atoms with Crippen molar-refractivity contribution in [1.82, 2.24) is 34.5 Å². The number of hydrogen-bond acceptors (Lipinski definition) is 11. The van der Waals surface area contributed by atoms with E-state index in [1.807, 2.05) is 9.80 Å². The standard InChI is InChI=1S/C31H36ClF2N11O2/c1-41(2)29(46)26-24(32)22-16-42(8-4-10-45(22)40-26)27-20(12-35)28(43-13-18(14-43)25-21(34)5-6-23(36)37-25)39-30(38-27)47-17-31-7-3-9-44(31)15-19(33)11-31/h5-6,18-19H,3-4,7-11,13-17H2,1-2H3,(H2,36,37)/t19-,31+/m1/s1. The molecule has 3 aromatic rings. The lowest BCUT2D eigenvalue weighted by molar-refractivity contribution is 0.0821. The lowest BCUT2D eigenvalue weighted by atomic mass is 9.94. The van der Waals surface area contributed by atoms with Gasteiger partial charge in [-0.1, -0.05) is 11.6 Å². The first kappa shape index (κ1) is 31.3. The van der Waals surface area contributed by atoms with Crippen LogP contribution in [0.4, 0.5) is 26.2 Å².